The van der Waals surface area contributed by atoms with Crippen molar-refractivity contribution in [2.75, 3.05) is 11.3 Å². The summed E-state index contributed by atoms with van der Waals surface area (Å²) in [6, 6.07) is 13.7. The summed E-state index contributed by atoms with van der Waals surface area (Å²) in [5, 5.41) is 2.98. The number of hydrogen-bond donors (Lipinski definition) is 1. The number of sulfonamides is 1. The van der Waals surface area contributed by atoms with Crippen molar-refractivity contribution in [1.82, 2.24) is 4.98 Å². The fourth-order valence-corrected chi connectivity index (χ4v) is 4.15. The van der Waals surface area contributed by atoms with Crippen molar-refractivity contribution >= 4 is 27.0 Å². The number of rotatable bonds is 8. The Morgan fingerprint density at radius 1 is 1.07 bits per heavy atom. The van der Waals surface area contributed by atoms with Crippen LogP contribution in [0.4, 0.5) is 5.69 Å². The lowest BCUT2D eigenvalue weighted by Crippen LogP contribution is -2.12. The highest BCUT2D eigenvalue weighted by Gasteiger charge is 2.14. The van der Waals surface area contributed by atoms with Gasteiger partial charge in [0.05, 0.1) is 22.2 Å². The Bertz CT molecular complexity index is 979. The summed E-state index contributed by atoms with van der Waals surface area (Å²) in [6.45, 7) is 4.68. The highest BCUT2D eigenvalue weighted by atomic mass is 32.2. The molecule has 0 aliphatic carbocycles. The summed E-state index contributed by atoms with van der Waals surface area (Å²) in [5.74, 6) is 0.672. The normalized spacial score (nSPS) is 11.3. The van der Waals surface area contributed by atoms with Gasteiger partial charge in [0.1, 0.15) is 5.75 Å². The number of aryl methyl sites for hydroxylation is 1. The average molecular weight is 403 g/mol. The molecule has 0 aliphatic heterocycles. The number of hydrogen-bond acceptors (Lipinski definition) is 5. The van der Waals surface area contributed by atoms with E-state index in [9.17, 15) is 8.42 Å². The van der Waals surface area contributed by atoms with E-state index < -0.39 is 10.0 Å². The van der Waals surface area contributed by atoms with Crippen LogP contribution in [0.5, 0.6) is 5.75 Å². The van der Waals surface area contributed by atoms with Crippen LogP contribution in [-0.2, 0) is 10.0 Å². The van der Waals surface area contributed by atoms with Gasteiger partial charge in [-0.1, -0.05) is 25.5 Å². The van der Waals surface area contributed by atoms with Crippen molar-refractivity contribution in [2.45, 2.75) is 31.6 Å². The van der Waals surface area contributed by atoms with Gasteiger partial charge in [-0.25, -0.2) is 13.4 Å². The van der Waals surface area contributed by atoms with E-state index in [1.807, 2.05) is 24.4 Å². The molecular formula is C20H22N2O3S2. The maximum Gasteiger partial charge on any atom is 0.261 e. The van der Waals surface area contributed by atoms with Crippen LogP contribution in [0.15, 0.2) is 58.8 Å². The fourth-order valence-electron chi connectivity index (χ4n) is 2.47. The second-order valence-electron chi connectivity index (χ2n) is 6.11. The Morgan fingerprint density at radius 3 is 2.37 bits per heavy atom. The van der Waals surface area contributed by atoms with E-state index in [0.29, 0.717) is 18.0 Å². The molecule has 5 nitrogen and oxygen atoms in total. The molecule has 142 valence electrons. The van der Waals surface area contributed by atoms with Crippen LogP contribution in [0.2, 0.25) is 0 Å². The first-order chi connectivity index (χ1) is 13.0. The van der Waals surface area contributed by atoms with E-state index in [1.165, 1.54) is 0 Å². The molecule has 0 fully saturated rings. The van der Waals surface area contributed by atoms with Crippen molar-refractivity contribution in [2.24, 2.45) is 0 Å². The van der Waals surface area contributed by atoms with Crippen LogP contribution >= 0.6 is 11.3 Å². The van der Waals surface area contributed by atoms with Gasteiger partial charge < -0.3 is 4.74 Å². The smallest absolute Gasteiger partial charge is 0.261 e. The zero-order chi connectivity index (χ0) is 19.3. The SMILES string of the molecule is CCCCOc1ccc(S(=O)(=O)Nc2ccc(-c3csc(C)n3)cc2)cc1. The predicted molar refractivity (Wildman–Crippen MR) is 110 cm³/mol. The lowest BCUT2D eigenvalue weighted by molar-refractivity contribution is 0.309. The van der Waals surface area contributed by atoms with Gasteiger partial charge in [-0.05, 0) is 49.7 Å². The monoisotopic (exact) mass is 402 g/mol. The summed E-state index contributed by atoms with van der Waals surface area (Å²) in [5.41, 5.74) is 2.36. The van der Waals surface area contributed by atoms with Crippen LogP contribution < -0.4 is 9.46 Å². The van der Waals surface area contributed by atoms with Gasteiger partial charge in [-0.3, -0.25) is 4.72 Å². The van der Waals surface area contributed by atoms with Gasteiger partial charge in [0.2, 0.25) is 0 Å². The van der Waals surface area contributed by atoms with Gasteiger partial charge in [0.25, 0.3) is 10.0 Å². The molecule has 1 aromatic heterocycles. The maximum atomic E-state index is 12.6. The molecule has 0 unspecified atom stereocenters. The molecule has 0 aliphatic rings. The molecule has 0 spiro atoms. The molecule has 0 radical (unpaired) electrons. The molecule has 1 heterocycles. The van der Waals surface area contributed by atoms with Crippen LogP contribution in [0, 0.1) is 6.92 Å². The second kappa shape index (κ2) is 8.54. The minimum Gasteiger partial charge on any atom is -0.494 e. The maximum absolute atomic E-state index is 12.6. The Labute approximate surface area is 164 Å². The molecule has 0 atom stereocenters. The molecular weight excluding hydrogens is 380 g/mol. The van der Waals surface area contributed by atoms with Crippen LogP contribution in [0.25, 0.3) is 11.3 Å². The molecule has 0 saturated carbocycles. The molecule has 7 heteroatoms. The van der Waals surface area contributed by atoms with E-state index in [4.69, 9.17) is 4.74 Å². The van der Waals surface area contributed by atoms with Gasteiger partial charge in [-0.2, -0.15) is 0 Å². The number of aromatic nitrogens is 1. The molecule has 0 bridgehead atoms. The van der Waals surface area contributed by atoms with Crippen molar-refractivity contribution in [3.8, 4) is 17.0 Å². The zero-order valence-corrected chi connectivity index (χ0v) is 16.9. The van der Waals surface area contributed by atoms with Crippen molar-refractivity contribution in [3.63, 3.8) is 0 Å². The summed E-state index contributed by atoms with van der Waals surface area (Å²) in [7, 11) is -3.65. The minimum absolute atomic E-state index is 0.199. The molecule has 1 N–H and O–H groups in total. The third kappa shape index (κ3) is 5.08. The van der Waals surface area contributed by atoms with E-state index in [2.05, 4.69) is 16.6 Å². The Balaban J connectivity index is 1.68. The number of anilines is 1. The summed E-state index contributed by atoms with van der Waals surface area (Å²) in [6.07, 6.45) is 2.02. The molecule has 3 rings (SSSR count). The van der Waals surface area contributed by atoms with Crippen molar-refractivity contribution in [1.29, 1.82) is 0 Å². The minimum atomic E-state index is -3.65. The number of thiazole rings is 1. The lowest BCUT2D eigenvalue weighted by atomic mass is 10.1. The third-order valence-electron chi connectivity index (χ3n) is 3.95. The molecule has 2 aromatic carbocycles. The Morgan fingerprint density at radius 2 is 1.78 bits per heavy atom. The van der Waals surface area contributed by atoms with E-state index in [-0.39, 0.29) is 4.90 Å². The number of nitrogens with zero attached hydrogens (tertiary/aromatic N) is 1. The summed E-state index contributed by atoms with van der Waals surface area (Å²) < 4.78 is 33.3. The van der Waals surface area contributed by atoms with E-state index in [0.717, 1.165) is 29.1 Å². The van der Waals surface area contributed by atoms with Gasteiger partial charge in [0, 0.05) is 16.6 Å². The van der Waals surface area contributed by atoms with E-state index in [1.54, 1.807) is 47.7 Å². The van der Waals surface area contributed by atoms with Crippen molar-refractivity contribution < 1.29 is 13.2 Å². The average Bonchev–Trinajstić information content (AvgIpc) is 3.09. The summed E-state index contributed by atoms with van der Waals surface area (Å²) >= 11 is 1.58. The van der Waals surface area contributed by atoms with Gasteiger partial charge >= 0.3 is 0 Å². The molecule has 0 saturated heterocycles. The van der Waals surface area contributed by atoms with Crippen LogP contribution in [0.1, 0.15) is 24.8 Å². The second-order valence-corrected chi connectivity index (χ2v) is 8.85. The first-order valence-electron chi connectivity index (χ1n) is 8.76. The fraction of sp³-hybridized carbons (Fsp3) is 0.250. The van der Waals surface area contributed by atoms with E-state index >= 15 is 0 Å². The molecule has 3 aromatic rings. The zero-order valence-electron chi connectivity index (χ0n) is 15.3. The summed E-state index contributed by atoms with van der Waals surface area (Å²) in [4.78, 5) is 4.63. The van der Waals surface area contributed by atoms with Crippen LogP contribution in [-0.4, -0.2) is 20.0 Å². The quantitative estimate of drug-likeness (QED) is 0.532. The van der Waals surface area contributed by atoms with Crippen molar-refractivity contribution in [3.05, 3.63) is 58.9 Å². The number of benzene rings is 2. The molecule has 0 amide bonds. The number of ether oxygens (including phenoxy) is 1. The number of unbranched alkanes of at least 4 members (excludes halogenated alkanes) is 1. The lowest BCUT2D eigenvalue weighted by Gasteiger charge is -2.10. The topological polar surface area (TPSA) is 68.3 Å². The highest BCUT2D eigenvalue weighted by molar-refractivity contribution is 7.92. The third-order valence-corrected chi connectivity index (χ3v) is 6.12. The standard InChI is InChI=1S/C20H22N2O3S2/c1-3-4-13-25-18-9-11-19(12-10-18)27(23,24)22-17-7-5-16(6-8-17)20-14-26-15(2)21-20/h5-12,14,22H,3-4,13H2,1-2H3. The number of nitrogens with one attached hydrogen (secondary N) is 1. The predicted octanol–water partition coefficient (Wildman–Crippen LogP) is 5.10. The van der Waals surface area contributed by atoms with Crippen LogP contribution in [0.3, 0.4) is 0 Å². The Hall–Kier alpha value is -2.38. The highest BCUT2D eigenvalue weighted by Crippen LogP contribution is 2.24. The first-order valence-corrected chi connectivity index (χ1v) is 11.1. The first kappa shape index (κ1) is 19.4. The Kier molecular flexibility index (Phi) is 6.13. The van der Waals surface area contributed by atoms with Gasteiger partial charge in [0.15, 0.2) is 0 Å². The van der Waals surface area contributed by atoms with Gasteiger partial charge in [-0.15, -0.1) is 11.3 Å². The molecule has 27 heavy (non-hydrogen) atoms. The largest absolute Gasteiger partial charge is 0.494 e.